The van der Waals surface area contributed by atoms with Gasteiger partial charge in [0.2, 0.25) is 11.1 Å². The fourth-order valence-electron chi connectivity index (χ4n) is 4.79. The van der Waals surface area contributed by atoms with Crippen molar-refractivity contribution in [3.05, 3.63) is 111 Å². The number of rotatable bonds is 7. The average Bonchev–Trinajstić information content (AvgIpc) is 3.34. The Morgan fingerprint density at radius 3 is 2.39 bits per heavy atom. The van der Waals surface area contributed by atoms with Crippen LogP contribution >= 0.6 is 35.0 Å². The Balaban J connectivity index is 1.27. The van der Waals surface area contributed by atoms with Crippen molar-refractivity contribution >= 4 is 46.7 Å². The summed E-state index contributed by atoms with van der Waals surface area (Å²) in [5.74, 6) is 2.16. The number of carbonyl (C=O) groups is 1. The molecule has 1 aliphatic carbocycles. The van der Waals surface area contributed by atoms with Crippen molar-refractivity contribution in [1.29, 1.82) is 0 Å². The number of hydrogen-bond acceptors (Lipinski definition) is 6. The number of nitrogens with zero attached hydrogens (tertiary/aromatic N) is 3. The summed E-state index contributed by atoms with van der Waals surface area (Å²) in [6, 6.07) is 22.9. The first-order chi connectivity index (χ1) is 18.6. The van der Waals surface area contributed by atoms with Crippen molar-refractivity contribution in [3.63, 3.8) is 0 Å². The summed E-state index contributed by atoms with van der Waals surface area (Å²) in [6.07, 6.45) is 2.17. The molecule has 0 saturated carbocycles. The number of Topliss-reactive ketones (excluding diaryl/α,β-unsaturated/α-hetero) is 1. The molecule has 0 fully saturated rings. The molecule has 4 aromatic rings. The molecule has 0 saturated heterocycles. The topological polar surface area (TPSA) is 69.0 Å². The van der Waals surface area contributed by atoms with Crippen LogP contribution in [-0.2, 0) is 17.2 Å². The molecule has 1 aromatic heterocycles. The van der Waals surface area contributed by atoms with E-state index in [4.69, 9.17) is 38.0 Å². The molecule has 1 aliphatic heterocycles. The van der Waals surface area contributed by atoms with Gasteiger partial charge in [0.15, 0.2) is 5.78 Å². The van der Waals surface area contributed by atoms with Crippen molar-refractivity contribution in [2.24, 2.45) is 0 Å². The summed E-state index contributed by atoms with van der Waals surface area (Å²) in [4.78, 5) is 17.9. The molecule has 1 unspecified atom stereocenters. The fourth-order valence-corrected chi connectivity index (χ4v) is 6.09. The monoisotopic (exact) mass is 562 g/mol. The smallest absolute Gasteiger partial charge is 0.227 e. The number of ketones is 1. The molecule has 192 valence electrons. The minimum Gasteiger partial charge on any atom is -0.489 e. The molecule has 0 bridgehead atoms. The molecule has 1 atom stereocenters. The lowest BCUT2D eigenvalue weighted by Gasteiger charge is -2.32. The zero-order chi connectivity index (χ0) is 26.1. The third-order valence-corrected chi connectivity index (χ3v) is 8.34. The quantitative estimate of drug-likeness (QED) is 0.235. The van der Waals surface area contributed by atoms with E-state index in [2.05, 4.69) is 5.32 Å². The van der Waals surface area contributed by atoms with Crippen LogP contribution in [0.15, 0.2) is 89.2 Å². The SMILES string of the molecule is O=C1CCCC2=C1C(c1ccc(OCc3ccccc3Cl)cc1)n1nc(SCc3ccccc3Cl)nc1N2. The third-order valence-electron chi connectivity index (χ3n) is 6.71. The Morgan fingerprint density at radius 1 is 0.947 bits per heavy atom. The number of nitrogens with one attached hydrogen (secondary N) is 1. The van der Waals surface area contributed by atoms with E-state index in [1.165, 1.54) is 11.8 Å². The molecule has 3 aromatic carbocycles. The first-order valence-electron chi connectivity index (χ1n) is 12.4. The Hall–Kier alpha value is -3.26. The number of ether oxygens (including phenoxy) is 1. The van der Waals surface area contributed by atoms with Crippen LogP contribution in [-0.4, -0.2) is 20.5 Å². The van der Waals surface area contributed by atoms with Crippen molar-refractivity contribution in [1.82, 2.24) is 14.8 Å². The number of anilines is 1. The molecule has 2 aliphatic rings. The first-order valence-corrected chi connectivity index (χ1v) is 14.1. The van der Waals surface area contributed by atoms with Crippen molar-refractivity contribution in [2.45, 2.75) is 42.8 Å². The predicted octanol–water partition coefficient (Wildman–Crippen LogP) is 7.48. The van der Waals surface area contributed by atoms with Crippen LogP contribution < -0.4 is 10.1 Å². The van der Waals surface area contributed by atoms with Gasteiger partial charge in [-0.3, -0.25) is 4.79 Å². The van der Waals surface area contributed by atoms with E-state index in [1.807, 2.05) is 77.5 Å². The third kappa shape index (κ3) is 5.06. The predicted molar refractivity (Wildman–Crippen MR) is 151 cm³/mol. The molecule has 0 amide bonds. The number of fused-ring (bicyclic) bond motifs is 1. The summed E-state index contributed by atoms with van der Waals surface area (Å²) in [5.41, 5.74) is 4.60. The molecule has 38 heavy (non-hydrogen) atoms. The second kappa shape index (κ2) is 10.8. The number of thioether (sulfide) groups is 1. The minimum atomic E-state index is -0.353. The zero-order valence-corrected chi connectivity index (χ0v) is 22.7. The Morgan fingerprint density at radius 2 is 1.66 bits per heavy atom. The number of carbonyl (C=O) groups excluding carboxylic acids is 1. The van der Waals surface area contributed by atoms with Crippen LogP contribution in [0.2, 0.25) is 10.0 Å². The lowest BCUT2D eigenvalue weighted by atomic mass is 9.85. The molecule has 0 spiro atoms. The standard InChI is InChI=1S/C29H24Cl2N4O2S/c30-22-8-3-1-6-19(22)16-37-21-14-12-18(13-15-21)27-26-24(10-5-11-25(26)36)32-28-33-29(34-35(27)28)38-17-20-7-2-4-9-23(20)31/h1-4,6-9,12-15,27H,5,10-11,16-17H2,(H,32,33,34). The number of halogens is 2. The molecular formula is C29H24Cl2N4O2S. The summed E-state index contributed by atoms with van der Waals surface area (Å²) in [7, 11) is 0. The lowest BCUT2D eigenvalue weighted by Crippen LogP contribution is -2.31. The maximum absolute atomic E-state index is 13.1. The van der Waals surface area contributed by atoms with Crippen molar-refractivity contribution < 1.29 is 9.53 Å². The highest BCUT2D eigenvalue weighted by Crippen LogP contribution is 2.41. The summed E-state index contributed by atoms with van der Waals surface area (Å²) < 4.78 is 7.81. The largest absolute Gasteiger partial charge is 0.489 e. The summed E-state index contributed by atoms with van der Waals surface area (Å²) >= 11 is 14.1. The van der Waals surface area contributed by atoms with Crippen LogP contribution in [0, 0.1) is 0 Å². The molecular weight excluding hydrogens is 539 g/mol. The first kappa shape index (κ1) is 25.0. The number of hydrogen-bond donors (Lipinski definition) is 1. The maximum Gasteiger partial charge on any atom is 0.227 e. The lowest BCUT2D eigenvalue weighted by molar-refractivity contribution is -0.116. The van der Waals surface area contributed by atoms with Gasteiger partial charge in [0.25, 0.3) is 0 Å². The van der Waals surface area contributed by atoms with E-state index in [-0.39, 0.29) is 11.8 Å². The molecule has 2 heterocycles. The maximum atomic E-state index is 13.1. The van der Waals surface area contributed by atoms with Crippen LogP contribution in [0.3, 0.4) is 0 Å². The van der Waals surface area contributed by atoms with Gasteiger partial charge in [-0.15, -0.1) is 5.10 Å². The highest BCUT2D eigenvalue weighted by molar-refractivity contribution is 7.98. The zero-order valence-electron chi connectivity index (χ0n) is 20.4. The van der Waals surface area contributed by atoms with E-state index < -0.39 is 0 Å². The van der Waals surface area contributed by atoms with E-state index in [0.717, 1.165) is 51.6 Å². The van der Waals surface area contributed by atoms with Gasteiger partial charge in [-0.2, -0.15) is 4.98 Å². The van der Waals surface area contributed by atoms with Gasteiger partial charge in [0.05, 0.1) is 0 Å². The molecule has 1 N–H and O–H groups in total. The highest BCUT2D eigenvalue weighted by Gasteiger charge is 2.36. The molecule has 0 radical (unpaired) electrons. The second-order valence-corrected chi connectivity index (χ2v) is 10.9. The second-order valence-electron chi connectivity index (χ2n) is 9.19. The van der Waals surface area contributed by atoms with Gasteiger partial charge in [0, 0.05) is 39.1 Å². The Bertz CT molecular complexity index is 1530. The Labute approximate surface area is 235 Å². The summed E-state index contributed by atoms with van der Waals surface area (Å²) in [5, 5.41) is 10.2. The minimum absolute atomic E-state index is 0.147. The van der Waals surface area contributed by atoms with Crippen molar-refractivity contribution in [2.75, 3.05) is 5.32 Å². The van der Waals surface area contributed by atoms with Gasteiger partial charge in [-0.05, 0) is 48.2 Å². The van der Waals surface area contributed by atoms with E-state index >= 15 is 0 Å². The molecule has 6 rings (SSSR count). The number of allylic oxidation sites excluding steroid dienone is 2. The van der Waals surface area contributed by atoms with Gasteiger partial charge >= 0.3 is 0 Å². The van der Waals surface area contributed by atoms with E-state index in [0.29, 0.717) is 34.9 Å². The molecule has 6 nitrogen and oxygen atoms in total. The van der Waals surface area contributed by atoms with Crippen molar-refractivity contribution in [3.8, 4) is 5.75 Å². The van der Waals surface area contributed by atoms with Gasteiger partial charge in [-0.25, -0.2) is 4.68 Å². The Kier molecular flexibility index (Phi) is 7.15. The average molecular weight is 564 g/mol. The summed E-state index contributed by atoms with van der Waals surface area (Å²) in [6.45, 7) is 0.374. The van der Waals surface area contributed by atoms with Crippen LogP contribution in [0.25, 0.3) is 0 Å². The van der Waals surface area contributed by atoms with Gasteiger partial charge in [-0.1, -0.05) is 83.5 Å². The van der Waals surface area contributed by atoms with Crippen LogP contribution in [0.5, 0.6) is 5.75 Å². The van der Waals surface area contributed by atoms with E-state index in [9.17, 15) is 4.79 Å². The number of aromatic nitrogens is 3. The van der Waals surface area contributed by atoms with Gasteiger partial charge in [0.1, 0.15) is 18.4 Å². The van der Waals surface area contributed by atoms with Crippen LogP contribution in [0.4, 0.5) is 5.95 Å². The van der Waals surface area contributed by atoms with E-state index in [1.54, 1.807) is 0 Å². The van der Waals surface area contributed by atoms with Crippen LogP contribution in [0.1, 0.15) is 42.0 Å². The fraction of sp³-hybridized carbons (Fsp3) is 0.207. The highest BCUT2D eigenvalue weighted by atomic mass is 35.5. The molecule has 9 heteroatoms. The normalized spacial score (nSPS) is 16.6. The number of benzene rings is 3. The van der Waals surface area contributed by atoms with Gasteiger partial charge < -0.3 is 10.1 Å².